The molecule has 0 unspecified atom stereocenters. The number of amides is 1. The molecule has 1 heterocycles. The molecule has 17 heavy (non-hydrogen) atoms. The predicted molar refractivity (Wildman–Crippen MR) is 61.0 cm³/mol. The lowest BCUT2D eigenvalue weighted by Crippen LogP contribution is -2.31. The van der Waals surface area contributed by atoms with Gasteiger partial charge in [0.2, 0.25) is 0 Å². The van der Waals surface area contributed by atoms with E-state index in [1.165, 1.54) is 18.0 Å². The highest BCUT2D eigenvalue weighted by Crippen LogP contribution is 2.21. The molecular formula is C10H16N4O3. The van der Waals surface area contributed by atoms with E-state index in [2.05, 4.69) is 9.84 Å². The molecule has 0 aliphatic carbocycles. The minimum Gasteiger partial charge on any atom is -0.469 e. The van der Waals surface area contributed by atoms with Gasteiger partial charge >= 0.3 is 5.97 Å². The van der Waals surface area contributed by atoms with Gasteiger partial charge in [-0.1, -0.05) is 0 Å². The zero-order valence-electron chi connectivity index (χ0n) is 10.1. The van der Waals surface area contributed by atoms with Gasteiger partial charge in [0.05, 0.1) is 24.8 Å². The normalized spacial score (nSPS) is 11.2. The van der Waals surface area contributed by atoms with Crippen LogP contribution >= 0.6 is 0 Å². The molecule has 0 fully saturated rings. The van der Waals surface area contributed by atoms with Crippen molar-refractivity contribution in [3.05, 3.63) is 11.9 Å². The fourth-order valence-electron chi connectivity index (χ4n) is 1.46. The summed E-state index contributed by atoms with van der Waals surface area (Å²) in [5.41, 5.74) is 10.1. The smallest absolute Gasteiger partial charge is 0.313 e. The molecule has 94 valence electrons. The van der Waals surface area contributed by atoms with E-state index >= 15 is 0 Å². The van der Waals surface area contributed by atoms with E-state index in [-0.39, 0.29) is 23.9 Å². The number of hydrogen-bond acceptors (Lipinski definition) is 5. The molecule has 0 atom stereocenters. The second-order valence-corrected chi connectivity index (χ2v) is 4.37. The van der Waals surface area contributed by atoms with Gasteiger partial charge in [0, 0.05) is 6.20 Å². The molecule has 0 aromatic carbocycles. The average Bonchev–Trinajstić information content (AvgIpc) is 2.57. The first-order valence-corrected chi connectivity index (χ1v) is 4.99. The van der Waals surface area contributed by atoms with Crippen molar-refractivity contribution >= 4 is 17.6 Å². The van der Waals surface area contributed by atoms with Crippen LogP contribution in [0.3, 0.4) is 0 Å². The molecule has 1 aromatic heterocycles. The van der Waals surface area contributed by atoms with Crippen molar-refractivity contribution in [1.82, 2.24) is 9.78 Å². The minimum atomic E-state index is -0.762. The van der Waals surface area contributed by atoms with Crippen LogP contribution in [0.1, 0.15) is 24.3 Å². The van der Waals surface area contributed by atoms with Crippen LogP contribution in [-0.4, -0.2) is 28.8 Å². The number of nitrogens with zero attached hydrogens (tertiary/aromatic N) is 2. The second kappa shape index (κ2) is 4.44. The molecule has 1 amide bonds. The Hall–Kier alpha value is -2.05. The highest BCUT2D eigenvalue weighted by molar-refractivity contribution is 5.95. The monoisotopic (exact) mass is 240 g/mol. The molecule has 4 N–H and O–H groups in total. The van der Waals surface area contributed by atoms with Crippen LogP contribution in [0.15, 0.2) is 6.20 Å². The van der Waals surface area contributed by atoms with E-state index in [4.69, 9.17) is 11.5 Å². The SMILES string of the molecule is COC(=O)C(C)(C)Cn1cc(N)c(C(N)=O)n1. The fraction of sp³-hybridized carbons (Fsp3) is 0.500. The molecule has 0 saturated carbocycles. The van der Waals surface area contributed by atoms with Crippen LogP contribution in [0, 0.1) is 5.41 Å². The third kappa shape index (κ3) is 2.74. The van der Waals surface area contributed by atoms with Crippen molar-refractivity contribution in [3.8, 4) is 0 Å². The Labute approximate surface area is 98.7 Å². The van der Waals surface area contributed by atoms with E-state index in [0.29, 0.717) is 0 Å². The van der Waals surface area contributed by atoms with E-state index in [1.54, 1.807) is 13.8 Å². The predicted octanol–water partition coefficient (Wildman–Crippen LogP) is -0.237. The molecule has 1 aromatic rings. The maximum atomic E-state index is 11.5. The summed E-state index contributed by atoms with van der Waals surface area (Å²) in [4.78, 5) is 22.4. The lowest BCUT2D eigenvalue weighted by atomic mass is 9.94. The Morgan fingerprint density at radius 3 is 2.53 bits per heavy atom. The molecule has 0 radical (unpaired) electrons. The summed E-state index contributed by atoms with van der Waals surface area (Å²) in [5, 5.41) is 3.92. The minimum absolute atomic E-state index is 0.00525. The Morgan fingerprint density at radius 1 is 1.53 bits per heavy atom. The summed E-state index contributed by atoms with van der Waals surface area (Å²) in [6.45, 7) is 3.67. The number of ether oxygens (including phenoxy) is 1. The molecule has 1 rings (SSSR count). The number of nitrogen functional groups attached to an aromatic ring is 1. The van der Waals surface area contributed by atoms with E-state index < -0.39 is 11.3 Å². The van der Waals surface area contributed by atoms with Crippen LogP contribution in [0.25, 0.3) is 0 Å². The summed E-state index contributed by atoms with van der Waals surface area (Å²) in [5.74, 6) is -1.07. The number of carbonyl (C=O) groups is 2. The highest BCUT2D eigenvalue weighted by atomic mass is 16.5. The molecule has 7 heteroatoms. The summed E-state index contributed by atoms with van der Waals surface area (Å²) in [7, 11) is 1.32. The number of hydrogen-bond donors (Lipinski definition) is 2. The van der Waals surface area contributed by atoms with Gasteiger partial charge in [-0.3, -0.25) is 14.3 Å². The van der Waals surface area contributed by atoms with Crippen LogP contribution in [0.2, 0.25) is 0 Å². The highest BCUT2D eigenvalue weighted by Gasteiger charge is 2.30. The van der Waals surface area contributed by atoms with Crippen LogP contribution < -0.4 is 11.5 Å². The van der Waals surface area contributed by atoms with Crippen molar-refractivity contribution in [1.29, 1.82) is 0 Å². The number of aromatic nitrogens is 2. The summed E-state index contributed by atoms with van der Waals surface area (Å²) in [6, 6.07) is 0. The number of anilines is 1. The summed E-state index contributed by atoms with van der Waals surface area (Å²) in [6.07, 6.45) is 1.46. The zero-order chi connectivity index (χ0) is 13.2. The van der Waals surface area contributed by atoms with Crippen molar-refractivity contribution in [2.75, 3.05) is 12.8 Å². The topological polar surface area (TPSA) is 113 Å². The van der Waals surface area contributed by atoms with Gasteiger partial charge in [-0.2, -0.15) is 5.10 Å². The van der Waals surface area contributed by atoms with Gasteiger partial charge in [0.25, 0.3) is 5.91 Å². The standard InChI is InChI=1S/C10H16N4O3/c1-10(2,9(16)17-3)5-14-4-6(11)7(13-14)8(12)15/h4H,5,11H2,1-3H3,(H2,12,15). The Bertz CT molecular complexity index is 450. The Morgan fingerprint density at radius 2 is 2.12 bits per heavy atom. The average molecular weight is 240 g/mol. The Balaban J connectivity index is 2.93. The number of primary amides is 1. The first kappa shape index (κ1) is 13.0. The van der Waals surface area contributed by atoms with Crippen LogP contribution in [0.4, 0.5) is 5.69 Å². The third-order valence-electron chi connectivity index (χ3n) is 2.32. The zero-order valence-corrected chi connectivity index (χ0v) is 10.1. The first-order valence-electron chi connectivity index (χ1n) is 4.99. The van der Waals surface area contributed by atoms with Gasteiger partial charge in [0.15, 0.2) is 5.69 Å². The van der Waals surface area contributed by atoms with Crippen molar-refractivity contribution in [2.24, 2.45) is 11.1 Å². The molecular weight excluding hydrogens is 224 g/mol. The molecule has 0 spiro atoms. The van der Waals surface area contributed by atoms with Gasteiger partial charge in [-0.15, -0.1) is 0 Å². The molecule has 0 aliphatic rings. The quantitative estimate of drug-likeness (QED) is 0.705. The van der Waals surface area contributed by atoms with E-state index in [9.17, 15) is 9.59 Å². The summed E-state index contributed by atoms with van der Waals surface area (Å²) >= 11 is 0. The molecule has 7 nitrogen and oxygen atoms in total. The second-order valence-electron chi connectivity index (χ2n) is 4.37. The van der Waals surface area contributed by atoms with Gasteiger partial charge in [-0.25, -0.2) is 0 Å². The van der Waals surface area contributed by atoms with Crippen LogP contribution in [0.5, 0.6) is 0 Å². The lowest BCUT2D eigenvalue weighted by molar-refractivity contribution is -0.151. The van der Waals surface area contributed by atoms with Crippen molar-refractivity contribution < 1.29 is 14.3 Å². The first-order chi connectivity index (χ1) is 7.77. The fourth-order valence-corrected chi connectivity index (χ4v) is 1.46. The summed E-state index contributed by atoms with van der Waals surface area (Å²) < 4.78 is 6.08. The van der Waals surface area contributed by atoms with E-state index in [1.807, 2.05) is 0 Å². The molecule has 0 bridgehead atoms. The van der Waals surface area contributed by atoms with Crippen molar-refractivity contribution in [3.63, 3.8) is 0 Å². The number of esters is 1. The lowest BCUT2D eigenvalue weighted by Gasteiger charge is -2.20. The third-order valence-corrected chi connectivity index (χ3v) is 2.32. The number of nitrogens with two attached hydrogens (primary N) is 2. The maximum absolute atomic E-state index is 11.5. The van der Waals surface area contributed by atoms with E-state index in [0.717, 1.165) is 0 Å². The number of carbonyl (C=O) groups excluding carboxylic acids is 2. The molecule has 0 aliphatic heterocycles. The van der Waals surface area contributed by atoms with Crippen molar-refractivity contribution in [2.45, 2.75) is 20.4 Å². The molecule has 0 saturated heterocycles. The number of methoxy groups -OCH3 is 1. The van der Waals surface area contributed by atoms with Crippen LogP contribution in [-0.2, 0) is 16.1 Å². The van der Waals surface area contributed by atoms with Gasteiger partial charge in [-0.05, 0) is 13.8 Å². The van der Waals surface area contributed by atoms with Gasteiger partial charge < -0.3 is 16.2 Å². The number of rotatable bonds is 4. The Kier molecular flexibility index (Phi) is 3.40. The van der Waals surface area contributed by atoms with Gasteiger partial charge in [0.1, 0.15) is 0 Å². The largest absolute Gasteiger partial charge is 0.469 e. The maximum Gasteiger partial charge on any atom is 0.313 e.